The quantitative estimate of drug-likeness (QED) is 0.597. The Morgan fingerprint density at radius 3 is 2.54 bits per heavy atom. The molecule has 0 atom stereocenters. The summed E-state index contributed by atoms with van der Waals surface area (Å²) < 4.78 is 2.94. The first kappa shape index (κ1) is 17.7. The molecule has 0 saturated heterocycles. The van der Waals surface area contributed by atoms with Gasteiger partial charge in [0.25, 0.3) is 5.56 Å². The van der Waals surface area contributed by atoms with Crippen LogP contribution in [0.5, 0.6) is 0 Å². The third kappa shape index (κ3) is 3.44. The molecule has 0 aliphatic heterocycles. The highest BCUT2D eigenvalue weighted by Gasteiger charge is 2.12. The maximum Gasteiger partial charge on any atom is 0.277 e. The van der Waals surface area contributed by atoms with Crippen molar-refractivity contribution in [3.05, 3.63) is 88.5 Å². The fourth-order valence-electron chi connectivity index (χ4n) is 3.07. The van der Waals surface area contributed by atoms with E-state index in [-0.39, 0.29) is 18.0 Å². The molecule has 140 valence electrons. The van der Waals surface area contributed by atoms with Gasteiger partial charge in [-0.1, -0.05) is 48.0 Å². The fraction of sp³-hybridized carbons (Fsp3) is 0.136. The molecule has 0 aliphatic rings. The number of nitrogens with one attached hydrogen (secondary N) is 1. The highest BCUT2D eigenvalue weighted by atomic mass is 16.2. The van der Waals surface area contributed by atoms with Crippen molar-refractivity contribution in [3.63, 3.8) is 0 Å². The van der Waals surface area contributed by atoms with E-state index in [1.54, 1.807) is 23.0 Å². The van der Waals surface area contributed by atoms with Crippen molar-refractivity contribution in [1.29, 1.82) is 0 Å². The maximum atomic E-state index is 12.8. The molecule has 0 bridgehead atoms. The summed E-state index contributed by atoms with van der Waals surface area (Å²) in [7, 11) is 0. The second-order valence-electron chi connectivity index (χ2n) is 6.82. The fourth-order valence-corrected chi connectivity index (χ4v) is 3.07. The number of benzene rings is 2. The monoisotopic (exact) mass is 372 g/mol. The minimum Gasteiger partial charge on any atom is -0.324 e. The van der Waals surface area contributed by atoms with Gasteiger partial charge < -0.3 is 9.88 Å². The van der Waals surface area contributed by atoms with Gasteiger partial charge in [-0.15, -0.1) is 0 Å². The number of hydrogen-bond acceptors (Lipinski definition) is 3. The molecule has 1 amide bonds. The van der Waals surface area contributed by atoms with E-state index >= 15 is 0 Å². The number of nitrogens with zero attached hydrogens (tertiary/aromatic N) is 3. The molecule has 2 aromatic heterocycles. The molecule has 6 nitrogen and oxygen atoms in total. The van der Waals surface area contributed by atoms with Crippen molar-refractivity contribution in [2.45, 2.75) is 20.4 Å². The summed E-state index contributed by atoms with van der Waals surface area (Å²) >= 11 is 0. The highest BCUT2D eigenvalue weighted by Crippen LogP contribution is 2.19. The van der Waals surface area contributed by atoms with Crippen LogP contribution in [-0.4, -0.2) is 20.1 Å². The average Bonchev–Trinajstić information content (AvgIpc) is 3.12. The van der Waals surface area contributed by atoms with E-state index in [0.29, 0.717) is 5.52 Å². The smallest absolute Gasteiger partial charge is 0.277 e. The molecule has 2 heterocycles. The van der Waals surface area contributed by atoms with Gasteiger partial charge in [0, 0.05) is 23.6 Å². The SMILES string of the molecule is Cc1ccc(-c2cc3c(=O)n(CC(=O)Nc4ccccc4C)ccn3n2)cc1. The van der Waals surface area contributed by atoms with Crippen LogP contribution in [0.2, 0.25) is 0 Å². The molecule has 1 N–H and O–H groups in total. The average molecular weight is 372 g/mol. The van der Waals surface area contributed by atoms with E-state index in [9.17, 15) is 9.59 Å². The van der Waals surface area contributed by atoms with Crippen LogP contribution in [-0.2, 0) is 11.3 Å². The zero-order valence-corrected chi connectivity index (χ0v) is 15.7. The summed E-state index contributed by atoms with van der Waals surface area (Å²) in [4.78, 5) is 25.2. The van der Waals surface area contributed by atoms with E-state index in [4.69, 9.17) is 0 Å². The molecule has 4 aromatic rings. The van der Waals surface area contributed by atoms with Crippen molar-refractivity contribution in [3.8, 4) is 11.3 Å². The normalized spacial score (nSPS) is 10.9. The second-order valence-corrected chi connectivity index (χ2v) is 6.82. The molecular weight excluding hydrogens is 352 g/mol. The van der Waals surface area contributed by atoms with Crippen molar-refractivity contribution >= 4 is 17.1 Å². The number of hydrogen-bond donors (Lipinski definition) is 1. The Morgan fingerprint density at radius 1 is 1.04 bits per heavy atom. The predicted molar refractivity (Wildman–Crippen MR) is 109 cm³/mol. The van der Waals surface area contributed by atoms with Crippen LogP contribution in [0.1, 0.15) is 11.1 Å². The van der Waals surface area contributed by atoms with Gasteiger partial charge in [-0.3, -0.25) is 9.59 Å². The lowest BCUT2D eigenvalue weighted by atomic mass is 10.1. The zero-order valence-electron chi connectivity index (χ0n) is 15.7. The zero-order chi connectivity index (χ0) is 19.7. The molecule has 0 spiro atoms. The van der Waals surface area contributed by atoms with Crippen LogP contribution in [0.15, 0.2) is 71.8 Å². The number of aryl methyl sites for hydroxylation is 2. The largest absolute Gasteiger partial charge is 0.324 e. The minimum absolute atomic E-state index is 0.0608. The van der Waals surface area contributed by atoms with Gasteiger partial charge in [0.1, 0.15) is 12.1 Å². The Labute approximate surface area is 162 Å². The number of rotatable bonds is 4. The number of para-hydroxylation sites is 1. The van der Waals surface area contributed by atoms with E-state index in [2.05, 4.69) is 10.4 Å². The third-order valence-corrected chi connectivity index (χ3v) is 4.68. The number of carbonyl (C=O) groups excluding carboxylic acids is 1. The van der Waals surface area contributed by atoms with E-state index in [1.807, 2.05) is 62.4 Å². The van der Waals surface area contributed by atoms with Crippen molar-refractivity contribution < 1.29 is 4.79 Å². The summed E-state index contributed by atoms with van der Waals surface area (Å²) in [6.07, 6.45) is 3.27. The molecule has 0 unspecified atom stereocenters. The molecule has 0 saturated carbocycles. The van der Waals surface area contributed by atoms with Gasteiger partial charge in [-0.25, -0.2) is 4.52 Å². The molecule has 0 radical (unpaired) electrons. The lowest BCUT2D eigenvalue weighted by Crippen LogP contribution is -2.28. The number of amides is 1. The number of aromatic nitrogens is 3. The van der Waals surface area contributed by atoms with Crippen molar-refractivity contribution in [2.75, 3.05) is 5.32 Å². The first-order valence-corrected chi connectivity index (χ1v) is 9.02. The van der Waals surface area contributed by atoms with Gasteiger partial charge >= 0.3 is 0 Å². The topological polar surface area (TPSA) is 68.4 Å². The summed E-state index contributed by atoms with van der Waals surface area (Å²) in [6, 6.07) is 17.3. The molecular formula is C22H20N4O2. The van der Waals surface area contributed by atoms with E-state index in [0.717, 1.165) is 28.1 Å². The Hall–Kier alpha value is -3.67. The molecule has 0 fully saturated rings. The van der Waals surface area contributed by atoms with Gasteiger partial charge in [-0.05, 0) is 31.5 Å². The van der Waals surface area contributed by atoms with Crippen LogP contribution in [0.3, 0.4) is 0 Å². The van der Waals surface area contributed by atoms with E-state index < -0.39 is 0 Å². The Bertz CT molecular complexity index is 1220. The molecule has 2 aromatic carbocycles. The summed E-state index contributed by atoms with van der Waals surface area (Å²) in [5.74, 6) is -0.251. The van der Waals surface area contributed by atoms with Crippen LogP contribution < -0.4 is 10.9 Å². The van der Waals surface area contributed by atoms with Gasteiger partial charge in [0.15, 0.2) is 0 Å². The van der Waals surface area contributed by atoms with Gasteiger partial charge in [0.05, 0.1) is 5.69 Å². The Balaban J connectivity index is 1.61. The van der Waals surface area contributed by atoms with Crippen molar-refractivity contribution in [1.82, 2.24) is 14.2 Å². The predicted octanol–water partition coefficient (Wildman–Crippen LogP) is 3.42. The molecule has 28 heavy (non-hydrogen) atoms. The second kappa shape index (κ2) is 7.15. The third-order valence-electron chi connectivity index (χ3n) is 4.68. The molecule has 0 aliphatic carbocycles. The standard InChI is InChI=1S/C22H20N4O2/c1-15-7-9-17(10-8-15)19-13-20-22(28)25(11-12-26(20)24-19)14-21(27)23-18-6-4-3-5-16(18)2/h3-13H,14H2,1-2H3,(H,23,27). The highest BCUT2D eigenvalue weighted by molar-refractivity contribution is 5.91. The van der Waals surface area contributed by atoms with Crippen LogP contribution >= 0.6 is 0 Å². The Kier molecular flexibility index (Phi) is 4.53. The summed E-state index contributed by atoms with van der Waals surface area (Å²) in [5, 5.41) is 7.33. The van der Waals surface area contributed by atoms with E-state index in [1.165, 1.54) is 4.57 Å². The van der Waals surface area contributed by atoms with Gasteiger partial charge in [0.2, 0.25) is 5.91 Å². The summed E-state index contributed by atoms with van der Waals surface area (Å²) in [6.45, 7) is 3.88. The number of fused-ring (bicyclic) bond motifs is 1. The van der Waals surface area contributed by atoms with Crippen LogP contribution in [0.4, 0.5) is 5.69 Å². The lowest BCUT2D eigenvalue weighted by Gasteiger charge is -2.09. The Morgan fingerprint density at radius 2 is 1.79 bits per heavy atom. The summed E-state index contributed by atoms with van der Waals surface area (Å²) in [5.41, 5.74) is 4.71. The van der Waals surface area contributed by atoms with Crippen LogP contribution in [0, 0.1) is 13.8 Å². The molecule has 4 rings (SSSR count). The first-order valence-electron chi connectivity index (χ1n) is 9.02. The van der Waals surface area contributed by atoms with Crippen LogP contribution in [0.25, 0.3) is 16.8 Å². The van der Waals surface area contributed by atoms with Gasteiger partial charge in [-0.2, -0.15) is 5.10 Å². The number of anilines is 1. The lowest BCUT2D eigenvalue weighted by molar-refractivity contribution is -0.116. The number of carbonyl (C=O) groups is 1. The maximum absolute atomic E-state index is 12.8. The molecule has 6 heteroatoms. The van der Waals surface area contributed by atoms with Crippen molar-refractivity contribution in [2.24, 2.45) is 0 Å². The first-order chi connectivity index (χ1) is 13.5. The minimum atomic E-state index is -0.256.